The van der Waals surface area contributed by atoms with Gasteiger partial charge in [-0.3, -0.25) is 9.59 Å². The van der Waals surface area contributed by atoms with Crippen LogP contribution in [-0.4, -0.2) is 12.6 Å². The Morgan fingerprint density at radius 2 is 0.933 bits per heavy atom. The minimum absolute atomic E-state index is 0.756. The fraction of sp³-hybridized carbons (Fsp3) is 0. The monoisotopic (exact) mass is 460 g/mol. The fourth-order valence-corrected chi connectivity index (χ4v) is 7.75. The molecule has 4 heterocycles. The molecule has 2 nitrogen and oxygen atoms in total. The number of rotatable bonds is 4. The van der Waals surface area contributed by atoms with E-state index in [0.717, 1.165) is 32.1 Å². The van der Waals surface area contributed by atoms with Gasteiger partial charge in [0.25, 0.3) is 0 Å². The Morgan fingerprint density at radius 1 is 0.467 bits per heavy atom. The standard InChI is InChI=1S/C24H12O2S4/c25-11-13-1-5-21(27-13)23-9-17-15-4-8-20-18(16(15)3-7-19(17)29-23)10-24(30-20)22-6-2-14(12-26)28-22/h1-12H. The molecule has 6 heteroatoms. The van der Waals surface area contributed by atoms with Crippen LogP contribution >= 0.6 is 45.3 Å². The minimum atomic E-state index is 0.756. The van der Waals surface area contributed by atoms with Crippen LogP contribution in [0.15, 0.2) is 60.7 Å². The summed E-state index contributed by atoms with van der Waals surface area (Å²) in [7, 11) is 0. The molecule has 2 aromatic carbocycles. The van der Waals surface area contributed by atoms with Gasteiger partial charge < -0.3 is 0 Å². The van der Waals surface area contributed by atoms with Crippen molar-refractivity contribution in [1.82, 2.24) is 0 Å². The molecule has 6 aromatic rings. The number of benzene rings is 2. The molecule has 0 unspecified atom stereocenters. The maximum absolute atomic E-state index is 11.0. The zero-order chi connectivity index (χ0) is 20.2. The second-order valence-electron chi connectivity index (χ2n) is 6.91. The third kappa shape index (κ3) is 2.80. The highest BCUT2D eigenvalue weighted by molar-refractivity contribution is 7.27. The van der Waals surface area contributed by atoms with E-state index in [0.29, 0.717) is 0 Å². The number of hydrogen-bond acceptors (Lipinski definition) is 6. The second-order valence-corrected chi connectivity index (χ2v) is 11.3. The average Bonchev–Trinajstić information content (AvgIpc) is 3.56. The van der Waals surface area contributed by atoms with E-state index >= 15 is 0 Å². The maximum atomic E-state index is 11.0. The zero-order valence-corrected chi connectivity index (χ0v) is 18.6. The van der Waals surface area contributed by atoms with Crippen molar-refractivity contribution in [2.75, 3.05) is 0 Å². The third-order valence-corrected chi connectivity index (χ3v) is 9.78. The van der Waals surface area contributed by atoms with Crippen LogP contribution in [0.5, 0.6) is 0 Å². The maximum Gasteiger partial charge on any atom is 0.160 e. The SMILES string of the molecule is O=Cc1ccc(-c2cc3c(ccc4c5cc(-c6ccc(C=O)s6)sc5ccc34)s2)s1. The predicted molar refractivity (Wildman–Crippen MR) is 132 cm³/mol. The molecule has 0 N–H and O–H groups in total. The number of carbonyl (C=O) groups excluding carboxylic acids is 2. The van der Waals surface area contributed by atoms with E-state index in [1.54, 1.807) is 22.7 Å². The van der Waals surface area contributed by atoms with Gasteiger partial charge in [0.15, 0.2) is 12.6 Å². The van der Waals surface area contributed by atoms with E-state index < -0.39 is 0 Å². The molecule has 0 saturated heterocycles. The molecule has 0 bridgehead atoms. The first kappa shape index (κ1) is 18.2. The molecule has 144 valence electrons. The molecule has 0 radical (unpaired) electrons. The molecule has 4 aromatic heterocycles. The quantitative estimate of drug-likeness (QED) is 0.248. The lowest BCUT2D eigenvalue weighted by Crippen LogP contribution is -1.74. The first-order valence-electron chi connectivity index (χ1n) is 9.23. The van der Waals surface area contributed by atoms with Gasteiger partial charge in [-0.1, -0.05) is 12.1 Å². The largest absolute Gasteiger partial charge is 0.297 e. The summed E-state index contributed by atoms with van der Waals surface area (Å²) in [4.78, 5) is 28.3. The van der Waals surface area contributed by atoms with Crippen LogP contribution in [0, 0.1) is 0 Å². The lowest BCUT2D eigenvalue weighted by atomic mass is 10.0. The summed E-state index contributed by atoms with van der Waals surface area (Å²) >= 11 is 6.60. The van der Waals surface area contributed by atoms with Crippen LogP contribution in [0.4, 0.5) is 0 Å². The summed E-state index contributed by atoms with van der Waals surface area (Å²) < 4.78 is 2.50. The van der Waals surface area contributed by atoms with E-state index in [-0.39, 0.29) is 0 Å². The number of carbonyl (C=O) groups is 2. The van der Waals surface area contributed by atoms with Gasteiger partial charge in [-0.2, -0.15) is 0 Å². The molecule has 0 saturated carbocycles. The van der Waals surface area contributed by atoms with Gasteiger partial charge in [-0.05, 0) is 59.3 Å². The molecule has 0 aliphatic rings. The Labute approximate surface area is 187 Å². The summed E-state index contributed by atoms with van der Waals surface area (Å²) in [5.74, 6) is 0. The van der Waals surface area contributed by atoms with Crippen molar-refractivity contribution in [3.63, 3.8) is 0 Å². The van der Waals surface area contributed by atoms with E-state index in [9.17, 15) is 9.59 Å². The molecule has 0 aliphatic heterocycles. The summed E-state index contributed by atoms with van der Waals surface area (Å²) in [6, 6.07) is 21.1. The van der Waals surface area contributed by atoms with Crippen LogP contribution in [-0.2, 0) is 0 Å². The van der Waals surface area contributed by atoms with Gasteiger partial charge >= 0.3 is 0 Å². The van der Waals surface area contributed by atoms with E-state index in [2.05, 4.69) is 36.4 Å². The summed E-state index contributed by atoms with van der Waals surface area (Å²) in [6.07, 6.45) is 1.82. The Balaban J connectivity index is 1.54. The molecule has 0 atom stereocenters. The first-order valence-corrected chi connectivity index (χ1v) is 12.5. The normalized spacial score (nSPS) is 11.6. The van der Waals surface area contributed by atoms with Crippen LogP contribution in [0.2, 0.25) is 0 Å². The van der Waals surface area contributed by atoms with Gasteiger partial charge in [-0.25, -0.2) is 0 Å². The predicted octanol–water partition coefficient (Wildman–Crippen LogP) is 8.35. The Hall–Kier alpha value is -2.64. The number of hydrogen-bond donors (Lipinski definition) is 0. The van der Waals surface area contributed by atoms with Crippen molar-refractivity contribution in [3.8, 4) is 19.5 Å². The van der Waals surface area contributed by atoms with Crippen molar-refractivity contribution in [2.24, 2.45) is 0 Å². The Bertz CT molecular complexity index is 1470. The molecule has 0 spiro atoms. The van der Waals surface area contributed by atoms with E-state index in [4.69, 9.17) is 0 Å². The van der Waals surface area contributed by atoms with Crippen molar-refractivity contribution in [2.45, 2.75) is 0 Å². The van der Waals surface area contributed by atoms with Gasteiger partial charge in [0.05, 0.1) is 9.75 Å². The average molecular weight is 461 g/mol. The highest BCUT2D eigenvalue weighted by Crippen LogP contribution is 2.44. The minimum Gasteiger partial charge on any atom is -0.297 e. The smallest absolute Gasteiger partial charge is 0.160 e. The number of aldehydes is 2. The second kappa shape index (κ2) is 6.96. The number of thiophene rings is 4. The molecule has 0 fully saturated rings. The third-order valence-electron chi connectivity index (χ3n) is 5.17. The molecular formula is C24H12O2S4. The fourth-order valence-electron chi connectivity index (χ4n) is 3.79. The lowest BCUT2D eigenvalue weighted by molar-refractivity contribution is 0.111. The summed E-state index contributed by atoms with van der Waals surface area (Å²) in [5.41, 5.74) is 0. The lowest BCUT2D eigenvalue weighted by Gasteiger charge is -2.01. The summed E-state index contributed by atoms with van der Waals surface area (Å²) in [5, 5.41) is 5.00. The Morgan fingerprint density at radius 3 is 1.33 bits per heavy atom. The van der Waals surface area contributed by atoms with E-state index in [1.165, 1.54) is 63.4 Å². The van der Waals surface area contributed by atoms with Crippen molar-refractivity contribution in [3.05, 3.63) is 70.4 Å². The van der Waals surface area contributed by atoms with Crippen molar-refractivity contribution >= 4 is 88.9 Å². The molecule has 0 amide bonds. The first-order chi connectivity index (χ1) is 14.7. The topological polar surface area (TPSA) is 34.1 Å². The van der Waals surface area contributed by atoms with Gasteiger partial charge in [0.1, 0.15) is 0 Å². The Kier molecular flexibility index (Phi) is 4.21. The van der Waals surface area contributed by atoms with Crippen molar-refractivity contribution < 1.29 is 9.59 Å². The summed E-state index contributed by atoms with van der Waals surface area (Å²) in [6.45, 7) is 0. The van der Waals surface area contributed by atoms with Crippen LogP contribution in [0.25, 0.3) is 50.5 Å². The highest BCUT2D eigenvalue weighted by Gasteiger charge is 2.13. The van der Waals surface area contributed by atoms with Gasteiger partial charge in [0.2, 0.25) is 0 Å². The van der Waals surface area contributed by atoms with Crippen LogP contribution < -0.4 is 0 Å². The molecule has 30 heavy (non-hydrogen) atoms. The molecular weight excluding hydrogens is 449 g/mol. The van der Waals surface area contributed by atoms with E-state index in [1.807, 2.05) is 24.3 Å². The van der Waals surface area contributed by atoms with Crippen molar-refractivity contribution in [1.29, 1.82) is 0 Å². The van der Waals surface area contributed by atoms with Crippen LogP contribution in [0.3, 0.4) is 0 Å². The van der Waals surface area contributed by atoms with Gasteiger partial charge in [-0.15, -0.1) is 45.3 Å². The number of fused-ring (bicyclic) bond motifs is 5. The molecule has 6 rings (SSSR count). The zero-order valence-electron chi connectivity index (χ0n) is 15.4. The van der Waals surface area contributed by atoms with Gasteiger partial charge in [0, 0.05) is 39.7 Å². The highest BCUT2D eigenvalue weighted by atomic mass is 32.1. The van der Waals surface area contributed by atoms with Crippen LogP contribution in [0.1, 0.15) is 19.3 Å². The molecule has 0 aliphatic carbocycles.